The zero-order valence-corrected chi connectivity index (χ0v) is 11.7. The van der Waals surface area contributed by atoms with Crippen molar-refractivity contribution in [2.45, 2.75) is 32.0 Å². The number of ether oxygens (including phenoxy) is 1. The molecule has 2 rings (SSSR count). The molecule has 1 aromatic carbocycles. The number of hydrogen-bond donors (Lipinski definition) is 0. The fraction of sp³-hybridized carbons (Fsp3) is 0.429. The average molecular weight is 279 g/mol. The molecule has 0 spiro atoms. The van der Waals surface area contributed by atoms with Crippen LogP contribution in [0.15, 0.2) is 35.5 Å². The molecule has 108 valence electrons. The maximum atomic E-state index is 11.4. The highest BCUT2D eigenvalue weighted by Gasteiger charge is 2.55. The Hall–Kier alpha value is -1.92. The van der Waals surface area contributed by atoms with Crippen LogP contribution >= 0.6 is 0 Å². The number of carbonyl (C=O) groups is 1. The summed E-state index contributed by atoms with van der Waals surface area (Å²) < 4.78 is 4.94. The zero-order valence-electron chi connectivity index (χ0n) is 11.7. The molecule has 0 saturated carbocycles. The smallest absolute Gasteiger partial charge is 0.429 e. The largest absolute Gasteiger partial charge is 0.535 e. The Bertz CT molecular complexity index is 500. The van der Waals surface area contributed by atoms with Crippen LogP contribution < -0.4 is 0 Å². The van der Waals surface area contributed by atoms with Gasteiger partial charge in [-0.15, -0.1) is 0 Å². The minimum Gasteiger partial charge on any atom is -0.429 e. The summed E-state index contributed by atoms with van der Waals surface area (Å²) in [6.07, 6.45) is 0.542. The van der Waals surface area contributed by atoms with E-state index in [1.165, 1.54) is 6.21 Å². The van der Waals surface area contributed by atoms with E-state index in [4.69, 9.17) is 14.5 Å². The lowest BCUT2D eigenvalue weighted by Gasteiger charge is -2.49. The highest BCUT2D eigenvalue weighted by atomic mass is 17.3. The van der Waals surface area contributed by atoms with E-state index >= 15 is 0 Å². The quantitative estimate of drug-likeness (QED) is 0.279. The zero-order chi connectivity index (χ0) is 14.6. The molecular formula is C14H17NO5. The first kappa shape index (κ1) is 14.5. The number of nitrogens with zero attached hydrogens (tertiary/aromatic N) is 1. The van der Waals surface area contributed by atoms with Crippen molar-refractivity contribution in [2.75, 3.05) is 6.61 Å². The van der Waals surface area contributed by atoms with E-state index in [0.29, 0.717) is 0 Å². The molecule has 6 heteroatoms. The SMILES string of the molecule is CC1(C)OOC1(C)COC(=O)O/N=C/c1ccccc1. The maximum absolute atomic E-state index is 11.4. The molecular weight excluding hydrogens is 262 g/mol. The van der Waals surface area contributed by atoms with Crippen LogP contribution in [0.1, 0.15) is 26.3 Å². The Morgan fingerprint density at radius 2 is 1.95 bits per heavy atom. The van der Waals surface area contributed by atoms with Gasteiger partial charge in [0, 0.05) is 0 Å². The van der Waals surface area contributed by atoms with Crippen molar-refractivity contribution >= 4 is 12.4 Å². The Balaban J connectivity index is 1.75. The normalized spacial score (nSPS) is 24.1. The molecule has 20 heavy (non-hydrogen) atoms. The molecule has 1 atom stereocenters. The van der Waals surface area contributed by atoms with Gasteiger partial charge >= 0.3 is 6.16 Å². The van der Waals surface area contributed by atoms with E-state index in [0.717, 1.165) is 5.56 Å². The van der Waals surface area contributed by atoms with Gasteiger partial charge in [-0.3, -0.25) is 4.84 Å². The number of benzene rings is 1. The molecule has 0 aromatic heterocycles. The van der Waals surface area contributed by atoms with Crippen LogP contribution in [0.2, 0.25) is 0 Å². The van der Waals surface area contributed by atoms with Gasteiger partial charge in [-0.2, -0.15) is 0 Å². The highest BCUT2D eigenvalue weighted by molar-refractivity contribution is 5.79. The van der Waals surface area contributed by atoms with Gasteiger partial charge in [0.15, 0.2) is 5.60 Å². The van der Waals surface area contributed by atoms with Gasteiger partial charge in [-0.25, -0.2) is 14.6 Å². The highest BCUT2D eigenvalue weighted by Crippen LogP contribution is 2.40. The van der Waals surface area contributed by atoms with Gasteiger partial charge in [-0.05, 0) is 26.3 Å². The number of hydrogen-bond acceptors (Lipinski definition) is 6. The molecule has 6 nitrogen and oxygen atoms in total. The summed E-state index contributed by atoms with van der Waals surface area (Å²) in [4.78, 5) is 25.9. The topological polar surface area (TPSA) is 66.4 Å². The van der Waals surface area contributed by atoms with E-state index in [1.807, 2.05) is 44.2 Å². The van der Waals surface area contributed by atoms with Crippen molar-refractivity contribution in [1.82, 2.24) is 0 Å². The molecule has 0 radical (unpaired) electrons. The van der Waals surface area contributed by atoms with Crippen molar-refractivity contribution in [1.29, 1.82) is 0 Å². The fourth-order valence-corrected chi connectivity index (χ4v) is 1.44. The third-order valence-electron chi connectivity index (χ3n) is 3.30. The second kappa shape index (κ2) is 5.60. The predicted octanol–water partition coefficient (Wildman–Crippen LogP) is 2.67. The summed E-state index contributed by atoms with van der Waals surface area (Å²) in [5.41, 5.74) is -0.375. The Labute approximate surface area is 117 Å². The minimum atomic E-state index is -0.885. The third-order valence-corrected chi connectivity index (χ3v) is 3.30. The van der Waals surface area contributed by atoms with E-state index < -0.39 is 17.4 Å². The van der Waals surface area contributed by atoms with Crippen molar-refractivity contribution in [3.05, 3.63) is 35.9 Å². The van der Waals surface area contributed by atoms with Gasteiger partial charge in [0.2, 0.25) is 0 Å². The van der Waals surface area contributed by atoms with Crippen LogP contribution in [0.4, 0.5) is 4.79 Å². The molecule has 0 amide bonds. The lowest BCUT2D eigenvalue weighted by atomic mass is 9.86. The van der Waals surface area contributed by atoms with Gasteiger partial charge in [-0.1, -0.05) is 35.5 Å². The number of oxime groups is 1. The Kier molecular flexibility index (Phi) is 4.06. The molecule has 1 unspecified atom stereocenters. The van der Waals surface area contributed by atoms with Crippen molar-refractivity contribution in [3.8, 4) is 0 Å². The van der Waals surface area contributed by atoms with E-state index in [1.54, 1.807) is 6.92 Å². The van der Waals surface area contributed by atoms with Crippen molar-refractivity contribution in [2.24, 2.45) is 5.16 Å². The number of carbonyl (C=O) groups excluding carboxylic acids is 1. The second-order valence-electron chi connectivity index (χ2n) is 5.18. The first-order chi connectivity index (χ1) is 9.43. The lowest BCUT2D eigenvalue weighted by molar-refractivity contribution is -0.543. The summed E-state index contributed by atoms with van der Waals surface area (Å²) in [5, 5.41) is 3.55. The standard InChI is InChI=1S/C14H17NO5/c1-13(2)14(3,20-19-13)10-17-12(16)18-15-9-11-7-5-4-6-8-11/h4-9H,10H2,1-3H3/b15-9+. The van der Waals surface area contributed by atoms with E-state index in [-0.39, 0.29) is 6.61 Å². The summed E-state index contributed by atoms with van der Waals surface area (Å²) >= 11 is 0. The maximum Gasteiger partial charge on any atom is 0.535 e. The molecule has 1 aliphatic rings. The summed E-state index contributed by atoms with van der Waals surface area (Å²) in [7, 11) is 0. The van der Waals surface area contributed by atoms with Crippen molar-refractivity contribution in [3.63, 3.8) is 0 Å². The minimum absolute atomic E-state index is 0.0275. The van der Waals surface area contributed by atoms with Crippen LogP contribution in [0.5, 0.6) is 0 Å². The first-order valence-electron chi connectivity index (χ1n) is 6.22. The first-order valence-corrected chi connectivity index (χ1v) is 6.22. The van der Waals surface area contributed by atoms with Crippen LogP contribution in [-0.4, -0.2) is 30.2 Å². The second-order valence-corrected chi connectivity index (χ2v) is 5.18. The Morgan fingerprint density at radius 1 is 1.25 bits per heavy atom. The Morgan fingerprint density at radius 3 is 2.50 bits per heavy atom. The number of rotatable bonds is 4. The van der Waals surface area contributed by atoms with Crippen LogP contribution in [-0.2, 0) is 19.3 Å². The molecule has 1 heterocycles. The molecule has 1 aliphatic heterocycles. The molecule has 0 bridgehead atoms. The van der Waals surface area contributed by atoms with E-state index in [2.05, 4.69) is 9.99 Å². The van der Waals surface area contributed by atoms with Crippen LogP contribution in [0.3, 0.4) is 0 Å². The predicted molar refractivity (Wildman–Crippen MR) is 71.1 cm³/mol. The lowest BCUT2D eigenvalue weighted by Crippen LogP contribution is -2.64. The van der Waals surface area contributed by atoms with Gasteiger partial charge in [0.25, 0.3) is 0 Å². The fourth-order valence-electron chi connectivity index (χ4n) is 1.44. The van der Waals surface area contributed by atoms with Crippen LogP contribution in [0.25, 0.3) is 0 Å². The van der Waals surface area contributed by atoms with Crippen LogP contribution in [0, 0.1) is 0 Å². The molecule has 0 N–H and O–H groups in total. The summed E-state index contributed by atoms with van der Waals surface area (Å²) in [6.45, 7) is 5.51. The van der Waals surface area contributed by atoms with E-state index in [9.17, 15) is 4.79 Å². The summed E-state index contributed by atoms with van der Waals surface area (Å²) in [5.74, 6) is 0. The average Bonchev–Trinajstić information content (AvgIpc) is 2.44. The molecule has 1 fully saturated rings. The molecule has 0 aliphatic carbocycles. The molecule has 1 aromatic rings. The third kappa shape index (κ3) is 3.15. The van der Waals surface area contributed by atoms with Crippen molar-refractivity contribution < 1.29 is 24.1 Å². The monoisotopic (exact) mass is 279 g/mol. The van der Waals surface area contributed by atoms with Gasteiger partial charge in [0.1, 0.15) is 12.2 Å². The molecule has 1 saturated heterocycles. The van der Waals surface area contributed by atoms with Gasteiger partial charge < -0.3 is 4.74 Å². The van der Waals surface area contributed by atoms with Gasteiger partial charge in [0.05, 0.1) is 6.21 Å². The summed E-state index contributed by atoms with van der Waals surface area (Å²) in [6, 6.07) is 9.27.